The van der Waals surface area contributed by atoms with E-state index in [1.807, 2.05) is 19.9 Å². The van der Waals surface area contributed by atoms with Crippen molar-refractivity contribution in [3.05, 3.63) is 22.9 Å². The van der Waals surface area contributed by atoms with E-state index in [1.54, 1.807) is 14.0 Å². The highest BCUT2D eigenvalue weighted by Crippen LogP contribution is 2.27. The van der Waals surface area contributed by atoms with E-state index in [1.165, 1.54) is 32.1 Å². The Hall–Kier alpha value is -1.70. The summed E-state index contributed by atoms with van der Waals surface area (Å²) < 4.78 is 5.86. The third kappa shape index (κ3) is 5.47. The van der Waals surface area contributed by atoms with Gasteiger partial charge in [-0.05, 0) is 51.7 Å². The van der Waals surface area contributed by atoms with Crippen LogP contribution in [0, 0.1) is 13.8 Å². The molecule has 0 spiro atoms. The summed E-state index contributed by atoms with van der Waals surface area (Å²) >= 11 is 0. The molecule has 3 atom stereocenters. The van der Waals surface area contributed by atoms with Crippen LogP contribution < -0.4 is 21.3 Å². The molecule has 1 aliphatic carbocycles. The molecule has 1 saturated carbocycles. The third-order valence-electron chi connectivity index (χ3n) is 6.27. The van der Waals surface area contributed by atoms with Crippen LogP contribution in [0.25, 0.3) is 0 Å². The molecule has 1 aromatic rings. The molecule has 0 bridgehead atoms. The quantitative estimate of drug-likeness (QED) is 0.631. The van der Waals surface area contributed by atoms with Gasteiger partial charge >= 0.3 is 0 Å². The highest BCUT2D eigenvalue weighted by Gasteiger charge is 2.33. The summed E-state index contributed by atoms with van der Waals surface area (Å²) in [5.74, 6) is 0.548. The third-order valence-corrected chi connectivity index (χ3v) is 6.27. The van der Waals surface area contributed by atoms with Crippen molar-refractivity contribution in [1.29, 1.82) is 0 Å². The number of aryl methyl sites for hydroxylation is 2. The summed E-state index contributed by atoms with van der Waals surface area (Å²) in [5.41, 5.74) is 8.31. The summed E-state index contributed by atoms with van der Waals surface area (Å²) in [6.45, 7) is 7.28. The van der Waals surface area contributed by atoms with E-state index in [0.29, 0.717) is 17.6 Å². The summed E-state index contributed by atoms with van der Waals surface area (Å²) in [7, 11) is 1.78. The van der Waals surface area contributed by atoms with Crippen LogP contribution in [-0.4, -0.2) is 55.4 Å². The van der Waals surface area contributed by atoms with Gasteiger partial charge in [0.2, 0.25) is 0 Å². The number of aromatic nitrogens is 1. The predicted octanol–water partition coefficient (Wildman–Crippen LogP) is 2.25. The Morgan fingerprint density at radius 2 is 2.00 bits per heavy atom. The Bertz CT molecular complexity index is 703. The van der Waals surface area contributed by atoms with Crippen molar-refractivity contribution in [2.24, 2.45) is 5.73 Å². The molecule has 29 heavy (non-hydrogen) atoms. The second kappa shape index (κ2) is 9.87. The number of hydrogen-bond acceptors (Lipinski definition) is 6. The molecule has 0 aromatic carbocycles. The lowest BCUT2D eigenvalue weighted by Crippen LogP contribution is -2.56. The van der Waals surface area contributed by atoms with E-state index in [9.17, 15) is 4.79 Å². The highest BCUT2D eigenvalue weighted by molar-refractivity contribution is 5.99. The summed E-state index contributed by atoms with van der Waals surface area (Å²) in [6.07, 6.45) is 7.14. The molecule has 2 aliphatic rings. The van der Waals surface area contributed by atoms with Crippen LogP contribution >= 0.6 is 0 Å². The molecule has 7 heteroatoms. The van der Waals surface area contributed by atoms with Gasteiger partial charge in [0.1, 0.15) is 5.82 Å². The molecule has 2 fully saturated rings. The number of hydrogen-bond donors (Lipinski definition) is 3. The average molecular weight is 404 g/mol. The Morgan fingerprint density at radius 3 is 2.66 bits per heavy atom. The molecule has 3 unspecified atom stereocenters. The number of anilines is 1. The average Bonchev–Trinajstić information content (AvgIpc) is 2.70. The number of nitrogens with two attached hydrogens (primary N) is 1. The number of amides is 1. The number of nitrogens with zero attached hydrogens (tertiary/aromatic N) is 2. The van der Waals surface area contributed by atoms with Crippen LogP contribution in [0.5, 0.6) is 0 Å². The van der Waals surface area contributed by atoms with Crippen molar-refractivity contribution in [2.75, 3.05) is 25.1 Å². The SMILES string of the molecule is COC1CN(c2nc(C)c(C)cc2C(=O)NC(C)N)CCC1NC1CCCCC1. The van der Waals surface area contributed by atoms with Crippen LogP contribution in [0.2, 0.25) is 0 Å². The fourth-order valence-corrected chi connectivity index (χ4v) is 4.50. The van der Waals surface area contributed by atoms with Gasteiger partial charge in [-0.15, -0.1) is 0 Å². The number of piperidine rings is 1. The van der Waals surface area contributed by atoms with Gasteiger partial charge in [0, 0.05) is 38.0 Å². The zero-order valence-electron chi connectivity index (χ0n) is 18.3. The molecule has 0 radical (unpaired) electrons. The Kier molecular flexibility index (Phi) is 7.49. The molecule has 1 aromatic heterocycles. The predicted molar refractivity (Wildman–Crippen MR) is 116 cm³/mol. The first kappa shape index (κ1) is 22.0. The van der Waals surface area contributed by atoms with E-state index < -0.39 is 6.17 Å². The molecular weight excluding hydrogens is 366 g/mol. The molecule has 162 valence electrons. The number of nitrogens with one attached hydrogen (secondary N) is 2. The molecule has 3 rings (SSSR count). The summed E-state index contributed by atoms with van der Waals surface area (Å²) in [4.78, 5) is 19.7. The number of methoxy groups -OCH3 is 1. The largest absolute Gasteiger partial charge is 0.378 e. The van der Waals surface area contributed by atoms with Crippen LogP contribution in [-0.2, 0) is 4.74 Å². The maximum Gasteiger partial charge on any atom is 0.256 e. The first-order valence-electron chi connectivity index (χ1n) is 11.0. The zero-order chi connectivity index (χ0) is 21.0. The van der Waals surface area contributed by atoms with E-state index in [2.05, 4.69) is 15.5 Å². The molecule has 1 amide bonds. The lowest BCUT2D eigenvalue weighted by Gasteiger charge is -2.41. The van der Waals surface area contributed by atoms with Crippen LogP contribution in [0.4, 0.5) is 5.82 Å². The normalized spacial score (nSPS) is 24.4. The van der Waals surface area contributed by atoms with Gasteiger partial charge in [-0.25, -0.2) is 4.98 Å². The van der Waals surface area contributed by atoms with Gasteiger partial charge in [-0.3, -0.25) is 4.79 Å². The first-order chi connectivity index (χ1) is 13.9. The molecular formula is C22H37N5O2. The van der Waals surface area contributed by atoms with Gasteiger partial charge < -0.3 is 26.0 Å². The lowest BCUT2D eigenvalue weighted by atomic mass is 9.92. The van der Waals surface area contributed by atoms with Crippen molar-refractivity contribution in [2.45, 2.75) is 83.6 Å². The molecule has 4 N–H and O–H groups in total. The van der Waals surface area contributed by atoms with Crippen molar-refractivity contribution >= 4 is 11.7 Å². The topological polar surface area (TPSA) is 92.5 Å². The van der Waals surface area contributed by atoms with Gasteiger partial charge in [0.25, 0.3) is 5.91 Å². The monoisotopic (exact) mass is 403 g/mol. The maximum absolute atomic E-state index is 12.8. The van der Waals surface area contributed by atoms with Crippen LogP contribution in [0.15, 0.2) is 6.07 Å². The van der Waals surface area contributed by atoms with Gasteiger partial charge in [0.15, 0.2) is 0 Å². The number of pyridine rings is 1. The molecule has 7 nitrogen and oxygen atoms in total. The standard InChI is InChI=1S/C22H37N5O2/c1-14-12-18(22(28)25-16(3)23)21(24-15(14)2)27-11-10-19(20(13-27)29-4)26-17-8-6-5-7-9-17/h12,16-17,19-20,26H,5-11,13,23H2,1-4H3,(H,25,28). The Labute approximate surface area is 174 Å². The van der Waals surface area contributed by atoms with Crippen molar-refractivity contribution in [3.8, 4) is 0 Å². The zero-order valence-corrected chi connectivity index (χ0v) is 18.3. The van der Waals surface area contributed by atoms with Gasteiger partial charge in [0.05, 0.1) is 17.8 Å². The fraction of sp³-hybridized carbons (Fsp3) is 0.727. The fourth-order valence-electron chi connectivity index (χ4n) is 4.50. The number of carbonyl (C=O) groups excluding carboxylic acids is 1. The lowest BCUT2D eigenvalue weighted by molar-refractivity contribution is 0.0533. The Balaban J connectivity index is 1.77. The minimum absolute atomic E-state index is 0.0680. The van der Waals surface area contributed by atoms with Crippen molar-refractivity contribution in [1.82, 2.24) is 15.6 Å². The summed E-state index contributed by atoms with van der Waals surface area (Å²) in [5, 5.41) is 6.65. The second-order valence-electron chi connectivity index (χ2n) is 8.64. The molecule has 2 heterocycles. The van der Waals surface area contributed by atoms with E-state index in [0.717, 1.165) is 36.6 Å². The van der Waals surface area contributed by atoms with Crippen molar-refractivity contribution < 1.29 is 9.53 Å². The van der Waals surface area contributed by atoms with Crippen LogP contribution in [0.1, 0.15) is 67.1 Å². The Morgan fingerprint density at radius 1 is 1.28 bits per heavy atom. The molecule has 1 saturated heterocycles. The first-order valence-corrected chi connectivity index (χ1v) is 11.0. The number of carbonyl (C=O) groups is 1. The van der Waals surface area contributed by atoms with E-state index >= 15 is 0 Å². The van der Waals surface area contributed by atoms with Crippen LogP contribution in [0.3, 0.4) is 0 Å². The van der Waals surface area contributed by atoms with E-state index in [4.69, 9.17) is 15.5 Å². The van der Waals surface area contributed by atoms with Gasteiger partial charge in [-0.1, -0.05) is 19.3 Å². The van der Waals surface area contributed by atoms with Gasteiger partial charge in [-0.2, -0.15) is 0 Å². The van der Waals surface area contributed by atoms with Crippen molar-refractivity contribution in [3.63, 3.8) is 0 Å². The second-order valence-corrected chi connectivity index (χ2v) is 8.64. The summed E-state index contributed by atoms with van der Waals surface area (Å²) in [6, 6.07) is 2.86. The highest BCUT2D eigenvalue weighted by atomic mass is 16.5. The number of rotatable bonds is 6. The minimum atomic E-state index is -0.408. The number of ether oxygens (including phenoxy) is 1. The molecule has 1 aliphatic heterocycles. The maximum atomic E-state index is 12.8. The minimum Gasteiger partial charge on any atom is -0.378 e. The van der Waals surface area contributed by atoms with E-state index in [-0.39, 0.29) is 12.0 Å². The smallest absolute Gasteiger partial charge is 0.256 e.